The molecule has 0 aromatic heterocycles. The third kappa shape index (κ3) is 4.27. The van der Waals surface area contributed by atoms with E-state index >= 15 is 0 Å². The molecule has 28 heavy (non-hydrogen) atoms. The van der Waals surface area contributed by atoms with Crippen molar-refractivity contribution in [3.05, 3.63) is 59.2 Å². The fourth-order valence-electron chi connectivity index (χ4n) is 3.19. The van der Waals surface area contributed by atoms with E-state index in [9.17, 15) is 9.59 Å². The van der Waals surface area contributed by atoms with E-state index in [2.05, 4.69) is 5.32 Å². The van der Waals surface area contributed by atoms with Crippen LogP contribution in [-0.2, 0) is 11.3 Å². The Morgan fingerprint density at radius 1 is 1.11 bits per heavy atom. The minimum Gasteiger partial charge on any atom is -0.454 e. The first-order valence-electron chi connectivity index (χ1n) is 9.37. The zero-order chi connectivity index (χ0) is 20.3. The van der Waals surface area contributed by atoms with E-state index in [1.165, 1.54) is 0 Å². The van der Waals surface area contributed by atoms with Crippen LogP contribution in [0.5, 0.6) is 11.5 Å². The van der Waals surface area contributed by atoms with Gasteiger partial charge < -0.3 is 19.7 Å². The lowest BCUT2D eigenvalue weighted by molar-refractivity contribution is -0.133. The highest BCUT2D eigenvalue weighted by atomic mass is 16.7. The molecule has 0 saturated heterocycles. The summed E-state index contributed by atoms with van der Waals surface area (Å²) in [6, 6.07) is 12.4. The number of nitrogens with one attached hydrogen (secondary N) is 1. The van der Waals surface area contributed by atoms with Crippen molar-refractivity contribution in [3.8, 4) is 11.5 Å². The fraction of sp³-hybridized carbons (Fsp3) is 0.364. The van der Waals surface area contributed by atoms with Crippen LogP contribution in [0.2, 0.25) is 0 Å². The second-order valence-corrected chi connectivity index (χ2v) is 7.39. The maximum atomic E-state index is 13.0. The molecule has 0 aliphatic carbocycles. The number of ether oxygens (including phenoxy) is 2. The van der Waals surface area contributed by atoms with Gasteiger partial charge in [-0.15, -0.1) is 0 Å². The molecule has 1 aliphatic rings. The molecule has 1 unspecified atom stereocenters. The first-order chi connectivity index (χ1) is 13.4. The molecular weight excluding hydrogens is 356 g/mol. The van der Waals surface area contributed by atoms with Gasteiger partial charge in [0.05, 0.1) is 0 Å². The third-order valence-electron chi connectivity index (χ3n) is 4.84. The summed E-state index contributed by atoms with van der Waals surface area (Å²) in [7, 11) is 1.74. The number of rotatable bonds is 6. The summed E-state index contributed by atoms with van der Waals surface area (Å²) in [5.74, 6) is 0.991. The molecule has 6 heteroatoms. The number of amides is 2. The van der Waals surface area contributed by atoms with Crippen molar-refractivity contribution in [2.24, 2.45) is 5.92 Å². The van der Waals surface area contributed by atoms with Gasteiger partial charge in [0.2, 0.25) is 12.7 Å². The van der Waals surface area contributed by atoms with Gasteiger partial charge >= 0.3 is 0 Å². The van der Waals surface area contributed by atoms with E-state index in [1.807, 2.05) is 57.2 Å². The Hall–Kier alpha value is -3.02. The van der Waals surface area contributed by atoms with E-state index in [0.29, 0.717) is 23.6 Å². The average Bonchev–Trinajstić information content (AvgIpc) is 3.13. The first-order valence-corrected chi connectivity index (χ1v) is 9.37. The van der Waals surface area contributed by atoms with Crippen molar-refractivity contribution < 1.29 is 19.1 Å². The van der Waals surface area contributed by atoms with E-state index in [-0.39, 0.29) is 24.5 Å². The Bertz CT molecular complexity index is 879. The molecule has 0 bridgehead atoms. The summed E-state index contributed by atoms with van der Waals surface area (Å²) < 4.78 is 10.7. The molecule has 1 atom stereocenters. The summed E-state index contributed by atoms with van der Waals surface area (Å²) in [6.07, 6.45) is 0. The van der Waals surface area contributed by atoms with Crippen molar-refractivity contribution in [3.63, 3.8) is 0 Å². The van der Waals surface area contributed by atoms with E-state index in [1.54, 1.807) is 18.0 Å². The minimum atomic E-state index is -0.605. The second kappa shape index (κ2) is 8.33. The van der Waals surface area contributed by atoms with E-state index in [4.69, 9.17) is 9.47 Å². The maximum absolute atomic E-state index is 13.0. The lowest BCUT2D eigenvalue weighted by Crippen LogP contribution is -2.50. The zero-order valence-corrected chi connectivity index (χ0v) is 16.7. The van der Waals surface area contributed by atoms with Gasteiger partial charge in [0.25, 0.3) is 5.91 Å². The Labute approximate surface area is 165 Å². The number of carbonyl (C=O) groups is 2. The number of carbonyl (C=O) groups excluding carboxylic acids is 2. The minimum absolute atomic E-state index is 0.0420. The van der Waals surface area contributed by atoms with Gasteiger partial charge in [0, 0.05) is 19.2 Å². The van der Waals surface area contributed by atoms with Crippen LogP contribution in [0.3, 0.4) is 0 Å². The molecule has 1 N–H and O–H groups in total. The van der Waals surface area contributed by atoms with Crippen LogP contribution < -0.4 is 14.8 Å². The fourth-order valence-corrected chi connectivity index (χ4v) is 3.19. The molecular formula is C22H26N2O4. The van der Waals surface area contributed by atoms with Gasteiger partial charge in [0.15, 0.2) is 11.5 Å². The monoisotopic (exact) mass is 382 g/mol. The van der Waals surface area contributed by atoms with Gasteiger partial charge in [-0.1, -0.05) is 38.1 Å². The van der Waals surface area contributed by atoms with Gasteiger partial charge in [-0.2, -0.15) is 0 Å². The summed E-state index contributed by atoms with van der Waals surface area (Å²) in [5, 5.41) is 2.91. The zero-order valence-electron chi connectivity index (χ0n) is 16.7. The normalized spacial score (nSPS) is 13.3. The molecule has 6 nitrogen and oxygen atoms in total. The SMILES string of the molecule is Cc1ccccc1C(=O)NC(C(=O)N(C)Cc1ccc2c(c1)OCO2)C(C)C. The van der Waals surface area contributed by atoms with Crippen molar-refractivity contribution in [1.29, 1.82) is 0 Å². The number of benzene rings is 2. The van der Waals surface area contributed by atoms with Crippen LogP contribution in [0.4, 0.5) is 0 Å². The van der Waals surface area contributed by atoms with Gasteiger partial charge in [0.1, 0.15) is 6.04 Å². The Kier molecular flexibility index (Phi) is 5.87. The van der Waals surface area contributed by atoms with Crippen molar-refractivity contribution in [2.75, 3.05) is 13.8 Å². The molecule has 2 aromatic carbocycles. The summed E-state index contributed by atoms with van der Waals surface area (Å²) in [4.78, 5) is 27.3. The lowest BCUT2D eigenvalue weighted by Gasteiger charge is -2.27. The molecule has 0 radical (unpaired) electrons. The molecule has 148 valence electrons. The highest BCUT2D eigenvalue weighted by Crippen LogP contribution is 2.32. The van der Waals surface area contributed by atoms with Crippen molar-refractivity contribution in [1.82, 2.24) is 10.2 Å². The van der Waals surface area contributed by atoms with Crippen LogP contribution in [-0.4, -0.2) is 36.6 Å². The molecule has 0 spiro atoms. The highest BCUT2D eigenvalue weighted by molar-refractivity contribution is 5.98. The van der Waals surface area contributed by atoms with Gasteiger partial charge in [-0.25, -0.2) is 0 Å². The van der Waals surface area contributed by atoms with Crippen molar-refractivity contribution in [2.45, 2.75) is 33.4 Å². The molecule has 0 saturated carbocycles. The third-order valence-corrected chi connectivity index (χ3v) is 4.84. The molecule has 2 amide bonds. The largest absolute Gasteiger partial charge is 0.454 e. The first kappa shape index (κ1) is 19.7. The molecule has 0 fully saturated rings. The maximum Gasteiger partial charge on any atom is 0.252 e. The highest BCUT2D eigenvalue weighted by Gasteiger charge is 2.28. The predicted molar refractivity (Wildman–Crippen MR) is 106 cm³/mol. The average molecular weight is 382 g/mol. The molecule has 1 heterocycles. The molecule has 2 aromatic rings. The summed E-state index contributed by atoms with van der Waals surface area (Å²) in [5.41, 5.74) is 2.40. The smallest absolute Gasteiger partial charge is 0.252 e. The number of hydrogen-bond acceptors (Lipinski definition) is 4. The number of aryl methyl sites for hydroxylation is 1. The summed E-state index contributed by atoms with van der Waals surface area (Å²) in [6.45, 7) is 6.37. The van der Waals surface area contributed by atoms with Crippen LogP contribution in [0, 0.1) is 12.8 Å². The van der Waals surface area contributed by atoms with Crippen LogP contribution in [0.15, 0.2) is 42.5 Å². The van der Waals surface area contributed by atoms with Crippen LogP contribution >= 0.6 is 0 Å². The quantitative estimate of drug-likeness (QED) is 0.833. The number of likely N-dealkylation sites (N-methyl/N-ethyl adjacent to an activating group) is 1. The van der Waals surface area contributed by atoms with Crippen LogP contribution in [0.1, 0.15) is 35.3 Å². The Morgan fingerprint density at radius 2 is 1.82 bits per heavy atom. The number of hydrogen-bond donors (Lipinski definition) is 1. The van der Waals surface area contributed by atoms with E-state index in [0.717, 1.165) is 11.1 Å². The van der Waals surface area contributed by atoms with Gasteiger partial charge in [-0.05, 0) is 42.2 Å². The van der Waals surface area contributed by atoms with Gasteiger partial charge in [-0.3, -0.25) is 9.59 Å². The Balaban J connectivity index is 1.70. The van der Waals surface area contributed by atoms with Crippen LogP contribution in [0.25, 0.3) is 0 Å². The van der Waals surface area contributed by atoms with Crippen molar-refractivity contribution >= 4 is 11.8 Å². The summed E-state index contributed by atoms with van der Waals surface area (Å²) >= 11 is 0. The lowest BCUT2D eigenvalue weighted by atomic mass is 10.0. The van der Waals surface area contributed by atoms with E-state index < -0.39 is 6.04 Å². The predicted octanol–water partition coefficient (Wildman–Crippen LogP) is 3.14. The topological polar surface area (TPSA) is 67.9 Å². The molecule has 1 aliphatic heterocycles. The Morgan fingerprint density at radius 3 is 2.54 bits per heavy atom. The standard InChI is InChI=1S/C22H26N2O4/c1-14(2)20(23-21(25)17-8-6-5-7-15(17)3)22(26)24(4)12-16-9-10-18-19(11-16)28-13-27-18/h5-11,14,20H,12-13H2,1-4H3,(H,23,25). The molecule has 3 rings (SSSR count). The number of nitrogens with zero attached hydrogens (tertiary/aromatic N) is 1. The second-order valence-electron chi connectivity index (χ2n) is 7.39. The number of fused-ring (bicyclic) bond motifs is 1.